The monoisotopic (exact) mass is 334 g/mol. The van der Waals surface area contributed by atoms with Crippen molar-refractivity contribution in [2.24, 2.45) is 0 Å². The number of anilines is 1. The third-order valence-electron chi connectivity index (χ3n) is 3.28. The molecular weight excluding hydrogens is 320 g/mol. The number of pyridine rings is 1. The summed E-state index contributed by atoms with van der Waals surface area (Å²) in [4.78, 5) is 14.1. The van der Waals surface area contributed by atoms with E-state index in [1.165, 1.54) is 21.8 Å². The molecule has 0 fully saturated rings. The molecule has 0 saturated carbocycles. The van der Waals surface area contributed by atoms with Gasteiger partial charge in [0.05, 0.1) is 21.2 Å². The van der Waals surface area contributed by atoms with Gasteiger partial charge in [-0.15, -0.1) is 35.7 Å². The molecule has 0 aromatic carbocycles. The molecule has 0 aliphatic carbocycles. The molecule has 21 heavy (non-hydrogen) atoms. The molecular formula is C14H14N4S3. The highest BCUT2D eigenvalue weighted by Crippen LogP contribution is 2.30. The molecule has 0 aliphatic heterocycles. The normalized spacial score (nSPS) is 12.7. The second kappa shape index (κ2) is 5.82. The van der Waals surface area contributed by atoms with Crippen LogP contribution in [0.15, 0.2) is 33.6 Å². The Balaban J connectivity index is 2.04. The fourth-order valence-electron chi connectivity index (χ4n) is 2.06. The van der Waals surface area contributed by atoms with Crippen molar-refractivity contribution in [3.05, 3.63) is 35.2 Å². The van der Waals surface area contributed by atoms with E-state index < -0.39 is 0 Å². The Hall–Kier alpha value is -1.31. The van der Waals surface area contributed by atoms with Gasteiger partial charge in [0.1, 0.15) is 16.7 Å². The lowest BCUT2D eigenvalue weighted by atomic mass is 10.1. The lowest BCUT2D eigenvalue weighted by molar-refractivity contribution is 0.756. The summed E-state index contributed by atoms with van der Waals surface area (Å²) in [7, 11) is 0. The third kappa shape index (κ3) is 2.73. The molecule has 4 nitrogen and oxygen atoms in total. The molecule has 3 rings (SSSR count). The van der Waals surface area contributed by atoms with Gasteiger partial charge < -0.3 is 5.73 Å². The van der Waals surface area contributed by atoms with Crippen molar-refractivity contribution >= 4 is 51.6 Å². The Morgan fingerprint density at radius 3 is 2.95 bits per heavy atom. The Kier molecular flexibility index (Phi) is 4.05. The molecule has 0 saturated heterocycles. The van der Waals surface area contributed by atoms with E-state index >= 15 is 0 Å². The van der Waals surface area contributed by atoms with Gasteiger partial charge in [0.2, 0.25) is 0 Å². The molecule has 108 valence electrons. The molecule has 0 spiro atoms. The number of aromatic nitrogens is 3. The molecule has 0 bridgehead atoms. The fourth-order valence-corrected chi connectivity index (χ4v) is 3.65. The standard InChI is InChI=1S/C14H14N4S3/c1-7(9-5-8-3-4-21-10(8)6-16-9)13-17-12(15)11(19)14(18-13)20-2/h3-7,19H,1-2H3,(H2,15,17,18). The molecule has 1 unspecified atom stereocenters. The van der Waals surface area contributed by atoms with Crippen LogP contribution < -0.4 is 5.73 Å². The first kappa shape index (κ1) is 14.6. The minimum Gasteiger partial charge on any atom is -0.383 e. The Morgan fingerprint density at radius 2 is 2.19 bits per heavy atom. The smallest absolute Gasteiger partial charge is 0.141 e. The van der Waals surface area contributed by atoms with Gasteiger partial charge in [0.25, 0.3) is 0 Å². The van der Waals surface area contributed by atoms with E-state index in [1.807, 2.05) is 19.4 Å². The summed E-state index contributed by atoms with van der Waals surface area (Å²) in [5.41, 5.74) is 6.87. The number of hydrogen-bond donors (Lipinski definition) is 2. The number of thiophene rings is 1. The lowest BCUT2D eigenvalue weighted by Crippen LogP contribution is -2.08. The van der Waals surface area contributed by atoms with Crippen molar-refractivity contribution in [3.63, 3.8) is 0 Å². The van der Waals surface area contributed by atoms with E-state index in [0.717, 1.165) is 10.7 Å². The van der Waals surface area contributed by atoms with Crippen LogP contribution in [0.4, 0.5) is 5.82 Å². The molecule has 2 N–H and O–H groups in total. The van der Waals surface area contributed by atoms with Crippen molar-refractivity contribution in [1.29, 1.82) is 0 Å². The van der Waals surface area contributed by atoms with Crippen molar-refractivity contribution in [1.82, 2.24) is 15.0 Å². The number of rotatable bonds is 3. The van der Waals surface area contributed by atoms with Crippen molar-refractivity contribution in [3.8, 4) is 0 Å². The van der Waals surface area contributed by atoms with Gasteiger partial charge in [-0.3, -0.25) is 4.98 Å². The summed E-state index contributed by atoms with van der Waals surface area (Å²) in [5.74, 6) is 1.07. The van der Waals surface area contributed by atoms with Crippen LogP contribution in [0.1, 0.15) is 24.4 Å². The summed E-state index contributed by atoms with van der Waals surface area (Å²) in [6, 6.07) is 4.18. The maximum absolute atomic E-state index is 5.93. The largest absolute Gasteiger partial charge is 0.383 e. The lowest BCUT2D eigenvalue weighted by Gasteiger charge is -2.13. The van der Waals surface area contributed by atoms with Gasteiger partial charge in [-0.25, -0.2) is 9.97 Å². The summed E-state index contributed by atoms with van der Waals surface area (Å²) in [6.45, 7) is 2.04. The molecule has 3 aromatic rings. The van der Waals surface area contributed by atoms with E-state index in [-0.39, 0.29) is 5.92 Å². The maximum atomic E-state index is 5.93. The second-order valence-corrected chi connectivity index (χ2v) is 6.80. The zero-order chi connectivity index (χ0) is 15.0. The van der Waals surface area contributed by atoms with Crippen molar-refractivity contribution in [2.75, 3.05) is 12.0 Å². The van der Waals surface area contributed by atoms with Gasteiger partial charge in [-0.1, -0.05) is 0 Å². The van der Waals surface area contributed by atoms with Gasteiger partial charge in [-0.05, 0) is 36.1 Å². The van der Waals surface area contributed by atoms with Crippen LogP contribution in [0.2, 0.25) is 0 Å². The quantitative estimate of drug-likeness (QED) is 0.433. The predicted molar refractivity (Wildman–Crippen MR) is 92.6 cm³/mol. The maximum Gasteiger partial charge on any atom is 0.141 e. The van der Waals surface area contributed by atoms with E-state index in [1.54, 1.807) is 11.3 Å². The molecule has 7 heteroatoms. The topological polar surface area (TPSA) is 64.7 Å². The molecule has 0 radical (unpaired) electrons. The zero-order valence-corrected chi connectivity index (χ0v) is 14.1. The summed E-state index contributed by atoms with van der Waals surface area (Å²) < 4.78 is 1.18. The van der Waals surface area contributed by atoms with Crippen LogP contribution in [0.3, 0.4) is 0 Å². The summed E-state index contributed by atoms with van der Waals surface area (Å²) in [5, 5.41) is 4.06. The Bertz CT molecular complexity index is 800. The predicted octanol–water partition coefficient (Wildman–Crippen LogP) is 3.83. The minimum absolute atomic E-state index is 0.0172. The van der Waals surface area contributed by atoms with Crippen molar-refractivity contribution < 1.29 is 0 Å². The second-order valence-electron chi connectivity index (χ2n) is 4.61. The van der Waals surface area contributed by atoms with E-state index in [0.29, 0.717) is 16.5 Å². The fraction of sp³-hybridized carbons (Fsp3) is 0.214. The Morgan fingerprint density at radius 1 is 1.38 bits per heavy atom. The van der Waals surface area contributed by atoms with Crippen LogP contribution in [0, 0.1) is 0 Å². The van der Waals surface area contributed by atoms with Crippen LogP contribution in [-0.2, 0) is 0 Å². The number of nitrogens with zero attached hydrogens (tertiary/aromatic N) is 3. The number of nitrogens with two attached hydrogens (primary N) is 1. The number of nitrogen functional groups attached to an aromatic ring is 1. The van der Waals surface area contributed by atoms with Crippen LogP contribution in [0.25, 0.3) is 10.1 Å². The van der Waals surface area contributed by atoms with Gasteiger partial charge in [-0.2, -0.15) is 0 Å². The number of hydrogen-bond acceptors (Lipinski definition) is 7. The first-order valence-corrected chi connectivity index (χ1v) is 8.89. The van der Waals surface area contributed by atoms with Gasteiger partial charge in [0, 0.05) is 6.20 Å². The zero-order valence-electron chi connectivity index (χ0n) is 11.6. The first-order valence-electron chi connectivity index (χ1n) is 6.33. The number of fused-ring (bicyclic) bond motifs is 1. The van der Waals surface area contributed by atoms with E-state index in [2.05, 4.69) is 45.1 Å². The minimum atomic E-state index is -0.0172. The summed E-state index contributed by atoms with van der Waals surface area (Å²) >= 11 is 7.55. The highest BCUT2D eigenvalue weighted by Gasteiger charge is 2.17. The third-order valence-corrected chi connectivity index (χ3v) is 5.42. The van der Waals surface area contributed by atoms with E-state index in [9.17, 15) is 0 Å². The van der Waals surface area contributed by atoms with Crippen LogP contribution in [0.5, 0.6) is 0 Å². The van der Waals surface area contributed by atoms with Crippen LogP contribution in [-0.4, -0.2) is 21.2 Å². The van der Waals surface area contributed by atoms with E-state index in [4.69, 9.17) is 5.73 Å². The molecule has 3 aromatic heterocycles. The number of thioether (sulfide) groups is 1. The average molecular weight is 334 g/mol. The van der Waals surface area contributed by atoms with Crippen molar-refractivity contribution in [2.45, 2.75) is 22.8 Å². The first-order chi connectivity index (χ1) is 10.1. The highest BCUT2D eigenvalue weighted by atomic mass is 32.2. The number of thiol groups is 1. The SMILES string of the molecule is CSc1nc(C(C)c2cc3ccsc3cn2)nc(N)c1S. The Labute approximate surface area is 136 Å². The molecule has 1 atom stereocenters. The highest BCUT2D eigenvalue weighted by molar-refractivity contribution is 7.99. The van der Waals surface area contributed by atoms with Gasteiger partial charge in [0.15, 0.2) is 0 Å². The van der Waals surface area contributed by atoms with Crippen LogP contribution >= 0.6 is 35.7 Å². The molecule has 0 amide bonds. The summed E-state index contributed by atoms with van der Waals surface area (Å²) in [6.07, 6.45) is 3.85. The average Bonchev–Trinajstić information content (AvgIpc) is 2.96. The molecule has 3 heterocycles. The van der Waals surface area contributed by atoms with Gasteiger partial charge >= 0.3 is 0 Å². The molecule has 0 aliphatic rings.